The summed E-state index contributed by atoms with van der Waals surface area (Å²) in [6, 6.07) is 8.96. The smallest absolute Gasteiger partial charge is 0.133 e. The van der Waals surface area contributed by atoms with Crippen LogP contribution in [0.1, 0.15) is 32.6 Å². The molecular weight excluding hydrogens is 254 g/mol. The minimum absolute atomic E-state index is 0.330. The van der Waals surface area contributed by atoms with E-state index in [2.05, 4.69) is 36.5 Å². The molecule has 3 rings (SSSR count). The lowest BCUT2D eigenvalue weighted by Gasteiger charge is -2.40. The highest BCUT2D eigenvalue weighted by Crippen LogP contribution is 2.39. The summed E-state index contributed by atoms with van der Waals surface area (Å²) >= 11 is 1.95. The summed E-state index contributed by atoms with van der Waals surface area (Å²) in [5, 5.41) is 3.73. The zero-order chi connectivity index (χ0) is 13.1. The Hall–Kier alpha value is -0.670. The lowest BCUT2D eigenvalue weighted by atomic mass is 9.78. The highest BCUT2D eigenvalue weighted by atomic mass is 32.2. The molecule has 0 amide bonds. The van der Waals surface area contributed by atoms with Crippen molar-refractivity contribution in [3.63, 3.8) is 0 Å². The third-order valence-electron chi connectivity index (χ3n) is 4.22. The van der Waals surface area contributed by atoms with Gasteiger partial charge in [0.25, 0.3) is 0 Å². The van der Waals surface area contributed by atoms with Gasteiger partial charge >= 0.3 is 0 Å². The van der Waals surface area contributed by atoms with Crippen molar-refractivity contribution in [2.45, 2.75) is 49.6 Å². The third-order valence-corrected chi connectivity index (χ3v) is 5.36. The van der Waals surface area contributed by atoms with E-state index in [0.717, 1.165) is 24.0 Å². The Morgan fingerprint density at radius 2 is 2.21 bits per heavy atom. The molecule has 1 heterocycles. The van der Waals surface area contributed by atoms with Crippen LogP contribution in [0.25, 0.3) is 0 Å². The van der Waals surface area contributed by atoms with Crippen LogP contribution in [0.3, 0.4) is 0 Å². The molecule has 1 aromatic rings. The van der Waals surface area contributed by atoms with E-state index in [1.54, 1.807) is 0 Å². The molecule has 0 aromatic heterocycles. The molecule has 2 atom stereocenters. The monoisotopic (exact) mass is 277 g/mol. The number of para-hydroxylation sites is 1. The lowest BCUT2D eigenvalue weighted by molar-refractivity contribution is 0.0985. The van der Waals surface area contributed by atoms with Gasteiger partial charge in [-0.15, -0.1) is 11.8 Å². The molecular formula is C16H23NOS. The molecule has 1 N–H and O–H groups in total. The summed E-state index contributed by atoms with van der Waals surface area (Å²) in [5.41, 5.74) is 0. The SMILES string of the molecule is CCCNC(C1CCC1)C1CSc2ccccc2O1. The van der Waals surface area contributed by atoms with Crippen LogP contribution in [0.5, 0.6) is 5.75 Å². The van der Waals surface area contributed by atoms with Crippen LogP contribution in [-0.2, 0) is 0 Å². The molecule has 0 radical (unpaired) electrons. The van der Waals surface area contributed by atoms with E-state index in [1.807, 2.05) is 11.8 Å². The van der Waals surface area contributed by atoms with Gasteiger partial charge in [0, 0.05) is 16.7 Å². The number of rotatable bonds is 5. The predicted octanol–water partition coefficient (Wildman–Crippen LogP) is 3.71. The summed E-state index contributed by atoms with van der Waals surface area (Å²) < 4.78 is 6.26. The van der Waals surface area contributed by atoms with Crippen LogP contribution in [0.2, 0.25) is 0 Å². The Bertz CT molecular complexity index is 419. The minimum atomic E-state index is 0.330. The van der Waals surface area contributed by atoms with Crippen LogP contribution in [0.4, 0.5) is 0 Å². The Kier molecular flexibility index (Phi) is 4.34. The van der Waals surface area contributed by atoms with Crippen molar-refractivity contribution in [1.29, 1.82) is 0 Å². The van der Waals surface area contributed by atoms with Gasteiger partial charge in [0.2, 0.25) is 0 Å². The van der Waals surface area contributed by atoms with Gasteiger partial charge in [0.15, 0.2) is 0 Å². The van der Waals surface area contributed by atoms with Crippen LogP contribution in [0.15, 0.2) is 29.2 Å². The maximum Gasteiger partial charge on any atom is 0.133 e. The van der Waals surface area contributed by atoms with E-state index in [0.29, 0.717) is 12.1 Å². The topological polar surface area (TPSA) is 21.3 Å². The van der Waals surface area contributed by atoms with Gasteiger partial charge in [0.1, 0.15) is 11.9 Å². The maximum atomic E-state index is 6.26. The van der Waals surface area contributed by atoms with E-state index in [1.165, 1.54) is 30.6 Å². The Morgan fingerprint density at radius 1 is 1.37 bits per heavy atom. The molecule has 0 spiro atoms. The molecule has 2 unspecified atom stereocenters. The standard InChI is InChI=1S/C16H23NOS/c1-2-10-17-16(12-6-5-7-12)14-11-19-15-9-4-3-8-13(15)18-14/h3-4,8-9,12,14,16-17H,2,5-7,10-11H2,1H3. The number of thioether (sulfide) groups is 1. The van der Waals surface area contributed by atoms with Crippen LogP contribution >= 0.6 is 11.8 Å². The van der Waals surface area contributed by atoms with Crippen molar-refractivity contribution >= 4 is 11.8 Å². The molecule has 2 nitrogen and oxygen atoms in total. The van der Waals surface area contributed by atoms with E-state index in [9.17, 15) is 0 Å². The minimum Gasteiger partial charge on any atom is -0.487 e. The number of fused-ring (bicyclic) bond motifs is 1. The Balaban J connectivity index is 1.69. The second kappa shape index (κ2) is 6.19. The predicted molar refractivity (Wildman–Crippen MR) is 81.0 cm³/mol. The fourth-order valence-corrected chi connectivity index (χ4v) is 3.98. The van der Waals surface area contributed by atoms with E-state index in [4.69, 9.17) is 4.74 Å². The normalized spacial score (nSPS) is 24.2. The molecule has 1 fully saturated rings. The van der Waals surface area contributed by atoms with Crippen molar-refractivity contribution in [3.05, 3.63) is 24.3 Å². The summed E-state index contributed by atoms with van der Waals surface area (Å²) in [7, 11) is 0. The number of benzene rings is 1. The first-order valence-corrected chi connectivity index (χ1v) is 8.49. The highest BCUT2D eigenvalue weighted by molar-refractivity contribution is 7.99. The number of hydrogen-bond acceptors (Lipinski definition) is 3. The van der Waals surface area contributed by atoms with Crippen molar-refractivity contribution in [2.75, 3.05) is 12.3 Å². The van der Waals surface area contributed by atoms with Crippen molar-refractivity contribution in [3.8, 4) is 5.75 Å². The van der Waals surface area contributed by atoms with Crippen LogP contribution in [0, 0.1) is 5.92 Å². The Morgan fingerprint density at radius 3 is 2.95 bits per heavy atom. The highest BCUT2D eigenvalue weighted by Gasteiger charge is 2.36. The molecule has 19 heavy (non-hydrogen) atoms. The molecule has 1 aliphatic carbocycles. The molecule has 1 saturated carbocycles. The van der Waals surface area contributed by atoms with E-state index in [-0.39, 0.29) is 0 Å². The van der Waals surface area contributed by atoms with Gasteiger partial charge in [-0.2, -0.15) is 0 Å². The average Bonchev–Trinajstić information content (AvgIpc) is 2.40. The van der Waals surface area contributed by atoms with Gasteiger partial charge in [-0.05, 0) is 43.9 Å². The maximum absolute atomic E-state index is 6.26. The summed E-state index contributed by atoms with van der Waals surface area (Å²) in [4.78, 5) is 1.29. The zero-order valence-electron chi connectivity index (χ0n) is 11.6. The number of ether oxygens (including phenoxy) is 1. The quantitative estimate of drug-likeness (QED) is 0.886. The second-order valence-corrected chi connectivity index (χ2v) is 6.65. The van der Waals surface area contributed by atoms with Gasteiger partial charge in [-0.25, -0.2) is 0 Å². The lowest BCUT2D eigenvalue weighted by Crippen LogP contribution is -2.52. The molecule has 0 bridgehead atoms. The third kappa shape index (κ3) is 2.92. The van der Waals surface area contributed by atoms with Crippen LogP contribution in [-0.4, -0.2) is 24.4 Å². The summed E-state index contributed by atoms with van der Waals surface area (Å²) in [5.74, 6) is 2.98. The first kappa shape index (κ1) is 13.3. The van der Waals surface area contributed by atoms with Crippen molar-refractivity contribution < 1.29 is 4.74 Å². The van der Waals surface area contributed by atoms with Gasteiger partial charge < -0.3 is 10.1 Å². The van der Waals surface area contributed by atoms with Crippen molar-refractivity contribution in [2.24, 2.45) is 5.92 Å². The molecule has 2 aliphatic rings. The van der Waals surface area contributed by atoms with Crippen molar-refractivity contribution in [1.82, 2.24) is 5.32 Å². The zero-order valence-corrected chi connectivity index (χ0v) is 12.4. The largest absolute Gasteiger partial charge is 0.487 e. The van der Waals surface area contributed by atoms with E-state index < -0.39 is 0 Å². The van der Waals surface area contributed by atoms with Gasteiger partial charge in [-0.3, -0.25) is 0 Å². The van der Waals surface area contributed by atoms with Gasteiger partial charge in [-0.1, -0.05) is 25.5 Å². The number of hydrogen-bond donors (Lipinski definition) is 1. The average molecular weight is 277 g/mol. The fourth-order valence-electron chi connectivity index (χ4n) is 2.92. The fraction of sp³-hybridized carbons (Fsp3) is 0.625. The number of nitrogens with one attached hydrogen (secondary N) is 1. The molecule has 0 saturated heterocycles. The first-order valence-electron chi connectivity index (χ1n) is 7.50. The first-order chi connectivity index (χ1) is 9.38. The summed E-state index contributed by atoms with van der Waals surface area (Å²) in [6.45, 7) is 3.34. The van der Waals surface area contributed by atoms with E-state index >= 15 is 0 Å². The van der Waals surface area contributed by atoms with Gasteiger partial charge in [0.05, 0.1) is 0 Å². The Labute approximate surface area is 120 Å². The molecule has 1 aliphatic heterocycles. The molecule has 3 heteroatoms. The van der Waals surface area contributed by atoms with Crippen LogP contribution < -0.4 is 10.1 Å². The summed E-state index contributed by atoms with van der Waals surface area (Å²) in [6.07, 6.45) is 5.66. The molecule has 1 aromatic carbocycles. The molecule has 104 valence electrons. The second-order valence-electron chi connectivity index (χ2n) is 5.58.